The van der Waals surface area contributed by atoms with E-state index in [1.54, 1.807) is 48.5 Å². The molecule has 0 aromatic heterocycles. The van der Waals surface area contributed by atoms with Crippen molar-refractivity contribution in [3.8, 4) is 0 Å². The molecule has 162 valence electrons. The number of halogens is 2. The first-order chi connectivity index (χ1) is 15.0. The number of aliphatic hydroxyl groups excluding tert-OH is 1. The zero-order chi connectivity index (χ0) is 22.0. The molecule has 0 radical (unpaired) electrons. The van der Waals surface area contributed by atoms with Gasteiger partial charge in [0.1, 0.15) is 5.76 Å². The second-order valence-electron chi connectivity index (χ2n) is 7.47. The molecule has 1 N–H and O–H groups in total. The van der Waals surface area contributed by atoms with Gasteiger partial charge in [0, 0.05) is 41.8 Å². The number of hydrogen-bond donors (Lipinski definition) is 1. The summed E-state index contributed by atoms with van der Waals surface area (Å²) in [6, 6.07) is 12.8. The molecule has 0 aliphatic carbocycles. The van der Waals surface area contributed by atoms with Crippen LogP contribution in [0, 0.1) is 0 Å². The zero-order valence-electron chi connectivity index (χ0n) is 16.8. The van der Waals surface area contributed by atoms with E-state index >= 15 is 0 Å². The van der Waals surface area contributed by atoms with Gasteiger partial charge in [-0.05, 0) is 35.9 Å². The van der Waals surface area contributed by atoms with E-state index in [9.17, 15) is 14.7 Å². The van der Waals surface area contributed by atoms with Crippen molar-refractivity contribution in [2.24, 2.45) is 0 Å². The van der Waals surface area contributed by atoms with Crippen LogP contribution in [-0.4, -0.2) is 66.0 Å². The largest absolute Gasteiger partial charge is 0.507 e. The third kappa shape index (κ3) is 4.48. The normalized spacial score (nSPS) is 21.6. The standard InChI is InChI=1S/C23H22Cl2N2O4/c24-16-7-5-15(6-8-16)21(28)19-20(17-3-1-2-4-18(17)25)27(23(30)22(19)29)10-9-26-11-13-31-14-12-26/h1-8,20,28H,9-14H2/b21-19+. The van der Waals surface area contributed by atoms with Crippen LogP contribution in [0.3, 0.4) is 0 Å². The summed E-state index contributed by atoms with van der Waals surface area (Å²) in [7, 11) is 0. The molecule has 2 heterocycles. The molecule has 1 amide bonds. The molecular formula is C23H22Cl2N2O4. The highest BCUT2D eigenvalue weighted by Crippen LogP contribution is 2.41. The average Bonchev–Trinajstić information content (AvgIpc) is 3.03. The summed E-state index contributed by atoms with van der Waals surface area (Å²) in [5.41, 5.74) is 1.04. The highest BCUT2D eigenvalue weighted by molar-refractivity contribution is 6.47. The Labute approximate surface area is 190 Å². The lowest BCUT2D eigenvalue weighted by molar-refractivity contribution is -0.140. The Balaban J connectivity index is 1.75. The molecule has 0 saturated carbocycles. The van der Waals surface area contributed by atoms with Gasteiger partial charge in [-0.1, -0.05) is 41.4 Å². The van der Waals surface area contributed by atoms with Crippen molar-refractivity contribution in [3.05, 3.63) is 75.3 Å². The van der Waals surface area contributed by atoms with Gasteiger partial charge in [0.15, 0.2) is 0 Å². The van der Waals surface area contributed by atoms with Gasteiger partial charge in [-0.3, -0.25) is 14.5 Å². The Morgan fingerprint density at radius 3 is 2.35 bits per heavy atom. The van der Waals surface area contributed by atoms with Crippen LogP contribution >= 0.6 is 23.2 Å². The van der Waals surface area contributed by atoms with Crippen molar-refractivity contribution in [2.75, 3.05) is 39.4 Å². The smallest absolute Gasteiger partial charge is 0.295 e. The van der Waals surface area contributed by atoms with Gasteiger partial charge in [-0.2, -0.15) is 0 Å². The lowest BCUT2D eigenvalue weighted by Crippen LogP contribution is -2.42. The fourth-order valence-corrected chi connectivity index (χ4v) is 4.33. The van der Waals surface area contributed by atoms with Crippen molar-refractivity contribution in [3.63, 3.8) is 0 Å². The first kappa shape index (κ1) is 21.8. The van der Waals surface area contributed by atoms with Crippen molar-refractivity contribution in [1.82, 2.24) is 9.80 Å². The van der Waals surface area contributed by atoms with E-state index in [1.165, 1.54) is 4.90 Å². The van der Waals surface area contributed by atoms with Gasteiger partial charge in [0.25, 0.3) is 11.7 Å². The average molecular weight is 461 g/mol. The number of rotatable bonds is 5. The van der Waals surface area contributed by atoms with Crippen LogP contribution in [0.25, 0.3) is 5.76 Å². The fourth-order valence-electron chi connectivity index (χ4n) is 3.97. The summed E-state index contributed by atoms with van der Waals surface area (Å²) in [6.45, 7) is 3.75. The van der Waals surface area contributed by atoms with E-state index in [4.69, 9.17) is 27.9 Å². The van der Waals surface area contributed by atoms with Gasteiger partial charge < -0.3 is 14.7 Å². The van der Waals surface area contributed by atoms with Crippen LogP contribution in [0.5, 0.6) is 0 Å². The van der Waals surface area contributed by atoms with Crippen LogP contribution in [0.1, 0.15) is 17.2 Å². The Bertz CT molecular complexity index is 1020. The Hall–Kier alpha value is -2.38. The highest BCUT2D eigenvalue weighted by atomic mass is 35.5. The second-order valence-corrected chi connectivity index (χ2v) is 8.32. The number of carbonyl (C=O) groups is 2. The molecular weight excluding hydrogens is 439 g/mol. The lowest BCUT2D eigenvalue weighted by atomic mass is 9.95. The summed E-state index contributed by atoms with van der Waals surface area (Å²) < 4.78 is 5.38. The molecule has 2 aromatic carbocycles. The summed E-state index contributed by atoms with van der Waals surface area (Å²) >= 11 is 12.4. The van der Waals surface area contributed by atoms with E-state index in [0.717, 1.165) is 13.1 Å². The molecule has 8 heteroatoms. The maximum atomic E-state index is 13.0. The minimum absolute atomic E-state index is 0.0300. The molecule has 1 atom stereocenters. The van der Waals surface area contributed by atoms with Crippen LogP contribution in [0.4, 0.5) is 0 Å². The predicted molar refractivity (Wildman–Crippen MR) is 119 cm³/mol. The maximum absolute atomic E-state index is 13.0. The van der Waals surface area contributed by atoms with Crippen LogP contribution in [0.15, 0.2) is 54.1 Å². The summed E-state index contributed by atoms with van der Waals surface area (Å²) in [5, 5.41) is 12.0. The van der Waals surface area contributed by atoms with E-state index in [0.29, 0.717) is 47.5 Å². The summed E-state index contributed by atoms with van der Waals surface area (Å²) in [4.78, 5) is 29.7. The minimum atomic E-state index is -0.773. The molecule has 0 spiro atoms. The van der Waals surface area contributed by atoms with Crippen molar-refractivity contribution < 1.29 is 19.4 Å². The first-order valence-electron chi connectivity index (χ1n) is 10.1. The highest BCUT2D eigenvalue weighted by Gasteiger charge is 2.46. The van der Waals surface area contributed by atoms with Gasteiger partial charge in [0.05, 0.1) is 24.8 Å². The molecule has 31 heavy (non-hydrogen) atoms. The number of ketones is 1. The Morgan fingerprint density at radius 2 is 1.68 bits per heavy atom. The number of hydrogen-bond acceptors (Lipinski definition) is 5. The van der Waals surface area contributed by atoms with E-state index in [1.807, 2.05) is 0 Å². The quantitative estimate of drug-likeness (QED) is 0.418. The molecule has 1 unspecified atom stereocenters. The number of benzene rings is 2. The van der Waals surface area contributed by atoms with Crippen LogP contribution in [0.2, 0.25) is 10.0 Å². The van der Waals surface area contributed by atoms with Crippen LogP contribution in [-0.2, 0) is 14.3 Å². The molecule has 2 fully saturated rings. The number of likely N-dealkylation sites (tertiary alicyclic amines) is 1. The number of nitrogens with zero attached hydrogens (tertiary/aromatic N) is 2. The summed E-state index contributed by atoms with van der Waals surface area (Å²) in [6.07, 6.45) is 0. The monoisotopic (exact) mass is 460 g/mol. The van der Waals surface area contributed by atoms with Gasteiger partial charge in [-0.15, -0.1) is 0 Å². The summed E-state index contributed by atoms with van der Waals surface area (Å²) in [5.74, 6) is -1.61. The molecule has 6 nitrogen and oxygen atoms in total. The van der Waals surface area contributed by atoms with Gasteiger partial charge >= 0.3 is 0 Å². The number of Topliss-reactive ketones (excluding diaryl/α,β-unsaturated/α-hetero) is 1. The molecule has 0 bridgehead atoms. The number of aliphatic hydroxyl groups is 1. The lowest BCUT2D eigenvalue weighted by Gasteiger charge is -2.31. The number of ether oxygens (including phenoxy) is 1. The van der Waals surface area contributed by atoms with Crippen molar-refractivity contribution in [1.29, 1.82) is 0 Å². The second kappa shape index (κ2) is 9.40. The van der Waals surface area contributed by atoms with E-state index in [2.05, 4.69) is 4.90 Å². The molecule has 2 aliphatic heterocycles. The zero-order valence-corrected chi connectivity index (χ0v) is 18.3. The predicted octanol–water partition coefficient (Wildman–Crippen LogP) is 3.75. The Kier molecular flexibility index (Phi) is 6.62. The molecule has 2 aliphatic rings. The SMILES string of the molecule is O=C1C(=O)N(CCN2CCOCC2)C(c2ccccc2Cl)/C1=C(\O)c1ccc(Cl)cc1. The maximum Gasteiger partial charge on any atom is 0.295 e. The number of carbonyl (C=O) groups excluding carboxylic acids is 2. The Morgan fingerprint density at radius 1 is 1.00 bits per heavy atom. The fraction of sp³-hybridized carbons (Fsp3) is 0.304. The van der Waals surface area contributed by atoms with Crippen LogP contribution < -0.4 is 0 Å². The van der Waals surface area contributed by atoms with E-state index < -0.39 is 17.7 Å². The third-order valence-electron chi connectivity index (χ3n) is 5.62. The van der Waals surface area contributed by atoms with E-state index in [-0.39, 0.29) is 11.3 Å². The molecule has 2 aromatic rings. The molecule has 2 saturated heterocycles. The third-order valence-corrected chi connectivity index (χ3v) is 6.21. The van der Waals surface area contributed by atoms with Crippen molar-refractivity contribution in [2.45, 2.75) is 6.04 Å². The first-order valence-corrected chi connectivity index (χ1v) is 10.8. The molecule has 4 rings (SSSR count). The van der Waals surface area contributed by atoms with Gasteiger partial charge in [-0.25, -0.2) is 0 Å². The number of amides is 1. The van der Waals surface area contributed by atoms with Gasteiger partial charge in [0.2, 0.25) is 0 Å². The topological polar surface area (TPSA) is 70.1 Å². The minimum Gasteiger partial charge on any atom is -0.507 e. The number of morpholine rings is 1. The van der Waals surface area contributed by atoms with Crippen molar-refractivity contribution >= 4 is 40.7 Å².